The third-order valence-corrected chi connectivity index (χ3v) is 7.01. The lowest BCUT2D eigenvalue weighted by Gasteiger charge is -2.37. The van der Waals surface area contributed by atoms with Gasteiger partial charge in [0.1, 0.15) is 0 Å². The molecule has 0 heterocycles. The van der Waals surface area contributed by atoms with E-state index in [1.807, 2.05) is 0 Å². The monoisotopic (exact) mass is 394 g/mol. The van der Waals surface area contributed by atoms with Gasteiger partial charge in [-0.2, -0.15) is 0 Å². The van der Waals surface area contributed by atoms with Gasteiger partial charge in [0.25, 0.3) is 0 Å². The maximum atomic E-state index is 2.22. The molecule has 0 atom stereocenters. The number of hydrogen-bond acceptors (Lipinski definition) is 0. The van der Waals surface area contributed by atoms with Crippen molar-refractivity contribution in [2.24, 2.45) is 0 Å². The first-order valence-electron chi connectivity index (χ1n) is 9.29. The van der Waals surface area contributed by atoms with Gasteiger partial charge in [0.15, 0.2) is 0 Å². The molecule has 0 bridgehead atoms. The summed E-state index contributed by atoms with van der Waals surface area (Å²) in [5.41, 5.74) is 2.55. The van der Waals surface area contributed by atoms with Crippen molar-refractivity contribution in [1.82, 2.24) is 0 Å². The fraction of sp³-hybridized carbons (Fsp3) is 0. The quantitative estimate of drug-likeness (QED) is 0.243. The van der Waals surface area contributed by atoms with Crippen LogP contribution in [-0.2, 0) is 0 Å². The van der Waals surface area contributed by atoms with Crippen molar-refractivity contribution in [3.63, 3.8) is 0 Å². The Hall–Kier alpha value is -2.52. The molecule has 4 aromatic rings. The number of hydrogen-bond donors (Lipinski definition) is 0. The predicted octanol–water partition coefficient (Wildman–Crippen LogP) is 7.06. The molecule has 0 nitrogen and oxygen atoms in total. The molecule has 0 saturated carbocycles. The minimum Gasteiger partial charge on any atom is -0.474 e. The van der Waals surface area contributed by atoms with Crippen LogP contribution in [0.5, 0.6) is 0 Å². The highest BCUT2D eigenvalue weighted by molar-refractivity contribution is 7.65. The van der Waals surface area contributed by atoms with Crippen molar-refractivity contribution >= 4 is 38.4 Å². The van der Waals surface area contributed by atoms with Gasteiger partial charge in [0.2, 0.25) is 0 Å². The molecule has 0 aliphatic heterocycles. The molecule has 0 aliphatic rings. The standard InChI is InChI=1S/C26H20P2/c1-5-13-21(14-6-1)25(27-23-17-9-3-10-18-23)26(22-15-7-2-8-16-22)28-24-19-11-4-12-20-24/h1-20H/q-2/b26-25-. The summed E-state index contributed by atoms with van der Waals surface area (Å²) in [7, 11) is 2.44. The van der Waals surface area contributed by atoms with E-state index < -0.39 is 0 Å². The topological polar surface area (TPSA) is 0 Å². The van der Waals surface area contributed by atoms with Gasteiger partial charge in [-0.05, 0) is 0 Å². The summed E-state index contributed by atoms with van der Waals surface area (Å²) in [6, 6.07) is 42.9. The lowest BCUT2D eigenvalue weighted by Crippen LogP contribution is -1.97. The van der Waals surface area contributed by atoms with Crippen LogP contribution >= 0.6 is 17.2 Å². The fourth-order valence-electron chi connectivity index (χ4n) is 2.96. The second kappa shape index (κ2) is 9.61. The summed E-state index contributed by atoms with van der Waals surface area (Å²) in [6.07, 6.45) is 0. The Morgan fingerprint density at radius 3 is 0.964 bits per heavy atom. The van der Waals surface area contributed by atoms with Gasteiger partial charge in [-0.3, -0.25) is 0 Å². The first kappa shape index (κ1) is 18.8. The van der Waals surface area contributed by atoms with Crippen LogP contribution in [0, 0.1) is 0 Å². The van der Waals surface area contributed by atoms with E-state index in [0.717, 1.165) is 0 Å². The summed E-state index contributed by atoms with van der Waals surface area (Å²) < 4.78 is 0. The Balaban J connectivity index is 1.88. The lowest BCUT2D eigenvalue weighted by molar-refractivity contribution is 1.63. The molecular formula is C26H20P2-2. The maximum absolute atomic E-state index is 2.22. The second-order valence-corrected chi connectivity index (χ2v) is 8.70. The molecular weight excluding hydrogens is 374 g/mol. The Morgan fingerprint density at radius 1 is 0.357 bits per heavy atom. The Labute approximate surface area is 170 Å². The van der Waals surface area contributed by atoms with E-state index in [-0.39, 0.29) is 0 Å². The minimum absolute atomic E-state index is 1.22. The third-order valence-electron chi connectivity index (χ3n) is 4.31. The van der Waals surface area contributed by atoms with Crippen molar-refractivity contribution in [2.45, 2.75) is 0 Å². The lowest BCUT2D eigenvalue weighted by atomic mass is 10.1. The summed E-state index contributed by atoms with van der Waals surface area (Å²) in [6.45, 7) is 0. The molecule has 0 fully saturated rings. The zero-order valence-electron chi connectivity index (χ0n) is 15.4. The average Bonchev–Trinajstić information content (AvgIpc) is 2.79. The Bertz CT molecular complexity index is 938. The molecule has 0 saturated heterocycles. The van der Waals surface area contributed by atoms with Crippen LogP contribution in [0.2, 0.25) is 0 Å². The average molecular weight is 394 g/mol. The molecule has 0 aromatic heterocycles. The van der Waals surface area contributed by atoms with Crippen LogP contribution in [0.15, 0.2) is 121 Å². The largest absolute Gasteiger partial charge is 0.474 e. The van der Waals surface area contributed by atoms with Crippen LogP contribution in [0.25, 0.3) is 10.6 Å². The highest BCUT2D eigenvalue weighted by atomic mass is 31.1. The van der Waals surface area contributed by atoms with Crippen molar-refractivity contribution in [1.29, 1.82) is 0 Å². The van der Waals surface area contributed by atoms with Gasteiger partial charge in [-0.15, -0.1) is 0 Å². The van der Waals surface area contributed by atoms with Gasteiger partial charge < -0.3 is 17.2 Å². The molecule has 28 heavy (non-hydrogen) atoms. The fourth-order valence-corrected chi connectivity index (χ4v) is 5.45. The molecule has 2 heteroatoms. The molecule has 136 valence electrons. The number of rotatable bonds is 6. The molecule has 0 unspecified atom stereocenters. The van der Waals surface area contributed by atoms with Gasteiger partial charge in [0.05, 0.1) is 0 Å². The van der Waals surface area contributed by atoms with E-state index in [4.69, 9.17) is 0 Å². The van der Waals surface area contributed by atoms with Gasteiger partial charge in [0, 0.05) is 0 Å². The van der Waals surface area contributed by atoms with Gasteiger partial charge in [-0.1, -0.05) is 132 Å². The molecule has 0 aliphatic carbocycles. The molecule has 0 N–H and O–H groups in total. The van der Waals surface area contributed by atoms with Crippen molar-refractivity contribution < 1.29 is 0 Å². The zero-order chi connectivity index (χ0) is 19.0. The smallest absolute Gasteiger partial charge is 0.0548 e. The van der Waals surface area contributed by atoms with Gasteiger partial charge in [-0.25, -0.2) is 21.2 Å². The Morgan fingerprint density at radius 2 is 0.643 bits per heavy atom. The van der Waals surface area contributed by atoms with Crippen LogP contribution in [0.4, 0.5) is 0 Å². The van der Waals surface area contributed by atoms with Crippen molar-refractivity contribution in [3.8, 4) is 0 Å². The minimum atomic E-state index is 1.22. The molecule has 4 aromatic carbocycles. The van der Waals surface area contributed by atoms with Crippen LogP contribution < -0.4 is 10.6 Å². The van der Waals surface area contributed by atoms with E-state index in [0.29, 0.717) is 0 Å². The van der Waals surface area contributed by atoms with E-state index in [1.54, 1.807) is 0 Å². The SMILES string of the molecule is c1ccc([P-]/C(=C(\[P-]c2ccccc2)c2ccccc2)c2ccccc2)cc1. The summed E-state index contributed by atoms with van der Waals surface area (Å²) in [4.78, 5) is 0. The molecule has 4 rings (SSSR count). The first-order chi connectivity index (χ1) is 13.9. The summed E-state index contributed by atoms with van der Waals surface area (Å²) in [5, 5.41) is 5.31. The number of benzene rings is 4. The van der Waals surface area contributed by atoms with Gasteiger partial charge >= 0.3 is 0 Å². The van der Waals surface area contributed by atoms with E-state index >= 15 is 0 Å². The highest BCUT2D eigenvalue weighted by Gasteiger charge is 1.98. The third kappa shape index (κ3) is 4.85. The molecule has 0 spiro atoms. The van der Waals surface area contributed by atoms with E-state index in [2.05, 4.69) is 121 Å². The van der Waals surface area contributed by atoms with Crippen LogP contribution in [-0.4, -0.2) is 0 Å². The molecule has 0 radical (unpaired) electrons. The van der Waals surface area contributed by atoms with E-state index in [1.165, 1.54) is 49.5 Å². The maximum Gasteiger partial charge on any atom is -0.0548 e. The van der Waals surface area contributed by atoms with Crippen LogP contribution in [0.1, 0.15) is 11.1 Å². The highest BCUT2D eigenvalue weighted by Crippen LogP contribution is 2.46. The summed E-state index contributed by atoms with van der Waals surface area (Å²) in [5.74, 6) is 0. The van der Waals surface area contributed by atoms with Crippen molar-refractivity contribution in [3.05, 3.63) is 132 Å². The second-order valence-electron chi connectivity index (χ2n) is 6.32. The predicted molar refractivity (Wildman–Crippen MR) is 126 cm³/mol. The van der Waals surface area contributed by atoms with Crippen LogP contribution in [0.3, 0.4) is 0 Å². The molecule has 0 amide bonds. The normalized spacial score (nSPS) is 12.6. The Kier molecular flexibility index (Phi) is 6.46. The zero-order valence-corrected chi connectivity index (χ0v) is 17.2. The van der Waals surface area contributed by atoms with Crippen molar-refractivity contribution in [2.75, 3.05) is 0 Å². The first-order valence-corrected chi connectivity index (χ1v) is 11.1. The summed E-state index contributed by atoms with van der Waals surface area (Å²) >= 11 is 0. The van der Waals surface area contributed by atoms with E-state index in [9.17, 15) is 0 Å².